The zero-order valence-corrected chi connectivity index (χ0v) is 18.3. The minimum Gasteiger partial charge on any atom is -0.377 e. The molecule has 0 aliphatic rings. The average molecular weight is 369 g/mol. The molecule has 25 heavy (non-hydrogen) atoms. The molecule has 0 N–H and O–H groups in total. The molecule has 0 saturated carbocycles. The Bertz CT molecular complexity index is 385. The molecule has 0 spiro atoms. The fourth-order valence-corrected chi connectivity index (χ4v) is 4.86. The van der Waals surface area contributed by atoms with Crippen LogP contribution < -0.4 is 0 Å². The van der Waals surface area contributed by atoms with Gasteiger partial charge in [-0.3, -0.25) is 0 Å². The van der Waals surface area contributed by atoms with Gasteiger partial charge in [-0.25, -0.2) is 0 Å². The Morgan fingerprint density at radius 1 is 0.840 bits per heavy atom. The lowest BCUT2D eigenvalue weighted by molar-refractivity contribution is 0.118. The Balaban J connectivity index is 0.000000472. The fourth-order valence-electron chi connectivity index (χ4n) is 2.81. The third kappa shape index (κ3) is 11.5. The Kier molecular flexibility index (Phi) is 15.1. The molecule has 146 valence electrons. The quantitative estimate of drug-likeness (QED) is 0.329. The molecule has 0 amide bonds. The Hall–Kier alpha value is -0.683. The van der Waals surface area contributed by atoms with E-state index in [0.717, 1.165) is 6.04 Å². The first-order chi connectivity index (χ1) is 12.1. The molecule has 0 aliphatic carbocycles. The van der Waals surface area contributed by atoms with E-state index in [-0.39, 0.29) is 0 Å². The van der Waals surface area contributed by atoms with Crippen LogP contribution in [0.25, 0.3) is 0 Å². The monoisotopic (exact) mass is 368 g/mol. The van der Waals surface area contributed by atoms with Crippen LogP contribution in [0.15, 0.2) is 30.3 Å². The predicted molar refractivity (Wildman–Crippen MR) is 110 cm³/mol. The van der Waals surface area contributed by atoms with Gasteiger partial charge in [-0.2, -0.15) is 0 Å². The van der Waals surface area contributed by atoms with Gasteiger partial charge in [0.1, 0.15) is 0 Å². The lowest BCUT2D eigenvalue weighted by Gasteiger charge is -2.27. The highest BCUT2D eigenvalue weighted by Crippen LogP contribution is 2.22. The van der Waals surface area contributed by atoms with Crippen molar-refractivity contribution in [2.24, 2.45) is 5.92 Å². The summed E-state index contributed by atoms with van der Waals surface area (Å²) in [5.41, 5.74) is 1.47. The molecule has 1 rings (SSSR count). The van der Waals surface area contributed by atoms with E-state index in [1.54, 1.807) is 21.3 Å². The van der Waals surface area contributed by atoms with Crippen LogP contribution in [0.3, 0.4) is 0 Å². The van der Waals surface area contributed by atoms with Crippen LogP contribution in [-0.4, -0.2) is 30.1 Å². The van der Waals surface area contributed by atoms with E-state index in [0.29, 0.717) is 5.92 Å². The summed E-state index contributed by atoms with van der Waals surface area (Å²) in [6, 6.07) is 11.6. The van der Waals surface area contributed by atoms with E-state index in [4.69, 9.17) is 13.3 Å². The van der Waals surface area contributed by atoms with Gasteiger partial charge >= 0.3 is 8.80 Å². The smallest absolute Gasteiger partial charge is 0.377 e. The highest BCUT2D eigenvalue weighted by Gasteiger charge is 2.39. The van der Waals surface area contributed by atoms with Gasteiger partial charge in [0.25, 0.3) is 0 Å². The second-order valence-electron chi connectivity index (χ2n) is 6.69. The number of rotatable bonds is 12. The van der Waals surface area contributed by atoms with Crippen LogP contribution in [0.1, 0.15) is 64.9 Å². The van der Waals surface area contributed by atoms with Gasteiger partial charge in [-0.05, 0) is 24.3 Å². The van der Waals surface area contributed by atoms with Gasteiger partial charge in [-0.15, -0.1) is 0 Å². The third-order valence-corrected chi connectivity index (χ3v) is 7.56. The number of hydrogen-bond donors (Lipinski definition) is 0. The lowest BCUT2D eigenvalue weighted by Crippen LogP contribution is -2.44. The highest BCUT2D eigenvalue weighted by atomic mass is 28.4. The molecule has 0 aliphatic heterocycles. The van der Waals surface area contributed by atoms with E-state index >= 15 is 0 Å². The molecule has 0 fully saturated rings. The standard InChI is InChI=1S/C11H16.C10H24O3Si/c1-2-3-5-8-11-9-6-4-7-10-11;1-6-7-8-10(2)9-14(11-3,12-4)13-5/h4,6-7,9-10H,2-3,5,8H2,1H3;10H,6-9H2,1-5H3. The number of unbranched alkanes of at least 4 members (excludes halogenated alkanes) is 3. The number of benzene rings is 1. The van der Waals surface area contributed by atoms with Crippen LogP contribution >= 0.6 is 0 Å². The van der Waals surface area contributed by atoms with Gasteiger partial charge < -0.3 is 13.3 Å². The average Bonchev–Trinajstić information content (AvgIpc) is 2.66. The number of hydrogen-bond acceptors (Lipinski definition) is 3. The molecule has 0 radical (unpaired) electrons. The number of aryl methyl sites for hydroxylation is 1. The van der Waals surface area contributed by atoms with Crippen molar-refractivity contribution in [3.05, 3.63) is 35.9 Å². The summed E-state index contributed by atoms with van der Waals surface area (Å²) in [4.78, 5) is 0. The molecular weight excluding hydrogens is 328 g/mol. The van der Waals surface area contributed by atoms with Crippen molar-refractivity contribution in [2.45, 2.75) is 71.8 Å². The first kappa shape index (κ1) is 24.3. The largest absolute Gasteiger partial charge is 0.500 e. The van der Waals surface area contributed by atoms with Crippen LogP contribution in [0.5, 0.6) is 0 Å². The topological polar surface area (TPSA) is 27.7 Å². The summed E-state index contributed by atoms with van der Waals surface area (Å²) in [6.07, 6.45) is 8.98. The summed E-state index contributed by atoms with van der Waals surface area (Å²) in [7, 11) is 2.69. The van der Waals surface area contributed by atoms with E-state index in [1.807, 2.05) is 0 Å². The third-order valence-electron chi connectivity index (χ3n) is 4.49. The molecule has 1 aromatic rings. The van der Waals surface area contributed by atoms with Crippen molar-refractivity contribution >= 4 is 8.80 Å². The van der Waals surface area contributed by atoms with Gasteiger partial charge in [-0.1, -0.05) is 83.2 Å². The van der Waals surface area contributed by atoms with Gasteiger partial charge in [0.2, 0.25) is 0 Å². The first-order valence-electron chi connectivity index (χ1n) is 9.76. The van der Waals surface area contributed by atoms with Crippen LogP contribution in [0.2, 0.25) is 6.04 Å². The van der Waals surface area contributed by atoms with Gasteiger partial charge in [0, 0.05) is 27.4 Å². The normalized spacial score (nSPS) is 12.4. The molecule has 0 saturated heterocycles. The van der Waals surface area contributed by atoms with Crippen LogP contribution in [-0.2, 0) is 19.7 Å². The van der Waals surface area contributed by atoms with Crippen molar-refractivity contribution in [1.82, 2.24) is 0 Å². The minimum atomic E-state index is -2.33. The Labute approximate surface area is 157 Å². The molecule has 3 nitrogen and oxygen atoms in total. The molecule has 0 aromatic heterocycles. The predicted octanol–water partition coefficient (Wildman–Crippen LogP) is 6.11. The van der Waals surface area contributed by atoms with Crippen LogP contribution in [0.4, 0.5) is 0 Å². The summed E-state index contributed by atoms with van der Waals surface area (Å²) in [5.74, 6) is 0.612. The van der Waals surface area contributed by atoms with Crippen LogP contribution in [0, 0.1) is 5.92 Å². The molecule has 0 heterocycles. The molecular formula is C21H40O3Si. The maximum Gasteiger partial charge on any atom is 0.500 e. The zero-order chi connectivity index (χ0) is 19.0. The first-order valence-corrected chi connectivity index (χ1v) is 11.7. The SMILES string of the molecule is CCCCC(C)C[Si](OC)(OC)OC.CCCCCc1ccccc1. The minimum absolute atomic E-state index is 0.612. The van der Waals surface area contributed by atoms with Crippen molar-refractivity contribution in [2.75, 3.05) is 21.3 Å². The summed E-state index contributed by atoms with van der Waals surface area (Å²) in [5, 5.41) is 0. The summed E-state index contributed by atoms with van der Waals surface area (Å²) < 4.78 is 16.1. The van der Waals surface area contributed by atoms with Crippen molar-refractivity contribution in [3.8, 4) is 0 Å². The molecule has 4 heteroatoms. The van der Waals surface area contributed by atoms with Crippen molar-refractivity contribution in [1.29, 1.82) is 0 Å². The van der Waals surface area contributed by atoms with E-state index < -0.39 is 8.80 Å². The second-order valence-corrected chi connectivity index (χ2v) is 9.69. The highest BCUT2D eigenvalue weighted by molar-refractivity contribution is 6.60. The Morgan fingerprint density at radius 3 is 1.88 bits per heavy atom. The van der Waals surface area contributed by atoms with E-state index in [2.05, 4.69) is 51.1 Å². The summed E-state index contributed by atoms with van der Waals surface area (Å²) in [6.45, 7) is 6.68. The summed E-state index contributed by atoms with van der Waals surface area (Å²) >= 11 is 0. The zero-order valence-electron chi connectivity index (χ0n) is 17.3. The molecule has 1 aromatic carbocycles. The van der Waals surface area contributed by atoms with E-state index in [9.17, 15) is 0 Å². The maximum atomic E-state index is 5.38. The molecule has 0 bridgehead atoms. The molecule has 1 unspecified atom stereocenters. The van der Waals surface area contributed by atoms with Gasteiger partial charge in [0.05, 0.1) is 0 Å². The van der Waals surface area contributed by atoms with Crippen molar-refractivity contribution in [3.63, 3.8) is 0 Å². The second kappa shape index (κ2) is 15.6. The van der Waals surface area contributed by atoms with E-state index in [1.165, 1.54) is 50.5 Å². The fraction of sp³-hybridized carbons (Fsp3) is 0.714. The van der Waals surface area contributed by atoms with Gasteiger partial charge in [0.15, 0.2) is 0 Å². The molecule has 1 atom stereocenters. The van der Waals surface area contributed by atoms with Crippen molar-refractivity contribution < 1.29 is 13.3 Å². The maximum absolute atomic E-state index is 5.38. The lowest BCUT2D eigenvalue weighted by atomic mass is 10.1. The Morgan fingerprint density at radius 2 is 1.40 bits per heavy atom.